The van der Waals surface area contributed by atoms with Crippen LogP contribution in [0.1, 0.15) is 41.5 Å². The van der Waals surface area contributed by atoms with Gasteiger partial charge in [0.05, 0.1) is 0 Å². The number of benzene rings is 2. The zero-order valence-corrected chi connectivity index (χ0v) is 21.2. The van der Waals surface area contributed by atoms with Gasteiger partial charge < -0.3 is 10.1 Å². The Morgan fingerprint density at radius 3 is 2.13 bits per heavy atom. The number of ketones is 1. The molecule has 2 aromatic carbocycles. The van der Waals surface area contributed by atoms with E-state index in [1.165, 1.54) is 18.2 Å². The summed E-state index contributed by atoms with van der Waals surface area (Å²) in [5.74, 6) is -0.179. The minimum Gasteiger partial charge on any atom is -0.512 e. The molecule has 1 aromatic heterocycles. The summed E-state index contributed by atoms with van der Waals surface area (Å²) in [6.07, 6.45) is 3.15. The van der Waals surface area contributed by atoms with Crippen molar-refractivity contribution >= 4 is 16.6 Å². The first kappa shape index (κ1) is 26.7. The summed E-state index contributed by atoms with van der Waals surface area (Å²) in [5.41, 5.74) is 0.848. The van der Waals surface area contributed by atoms with Gasteiger partial charge >= 0.3 is 0 Å². The summed E-state index contributed by atoms with van der Waals surface area (Å²) in [7, 11) is 0. The standard InChI is InChI=1S/C15H9FN.C11H20O2.Ir/c16-14-7-5-11(6-8-14)15-9-12-3-1-2-4-13(12)10-17-15;1-10(2,3)8(12)7-9(13)11(4,5)6;/h1-5,7-10H;7,12H,1-6H3;/q-1;;/b;8-7-;. The Hall–Kier alpha value is -2.36. The van der Waals surface area contributed by atoms with Gasteiger partial charge in [0.15, 0.2) is 5.78 Å². The zero-order chi connectivity index (χ0) is 22.5. The third-order valence-electron chi connectivity index (χ3n) is 4.46. The predicted molar refractivity (Wildman–Crippen MR) is 121 cm³/mol. The summed E-state index contributed by atoms with van der Waals surface area (Å²) in [5, 5.41) is 11.8. The molecule has 167 valence electrons. The van der Waals surface area contributed by atoms with Crippen LogP contribution in [0.3, 0.4) is 0 Å². The fraction of sp³-hybridized carbons (Fsp3) is 0.308. The van der Waals surface area contributed by atoms with Crippen molar-refractivity contribution in [1.82, 2.24) is 4.98 Å². The molecule has 0 saturated carbocycles. The molecule has 0 saturated heterocycles. The van der Waals surface area contributed by atoms with Gasteiger partial charge in [0, 0.05) is 49.0 Å². The first-order chi connectivity index (χ1) is 13.9. The average molecular weight is 599 g/mol. The van der Waals surface area contributed by atoms with Crippen molar-refractivity contribution in [3.8, 4) is 11.3 Å². The fourth-order valence-corrected chi connectivity index (χ4v) is 2.35. The van der Waals surface area contributed by atoms with Crippen LogP contribution in [-0.4, -0.2) is 15.9 Å². The molecule has 0 fully saturated rings. The molecule has 0 aliphatic heterocycles. The summed E-state index contributed by atoms with van der Waals surface area (Å²) in [6.45, 7) is 11.1. The van der Waals surface area contributed by atoms with Crippen LogP contribution in [0.5, 0.6) is 0 Å². The molecular weight excluding hydrogens is 570 g/mol. The zero-order valence-electron chi connectivity index (χ0n) is 18.8. The number of hydrogen-bond donors (Lipinski definition) is 1. The van der Waals surface area contributed by atoms with E-state index in [9.17, 15) is 14.3 Å². The van der Waals surface area contributed by atoms with E-state index in [4.69, 9.17) is 0 Å². The monoisotopic (exact) mass is 599 g/mol. The third kappa shape index (κ3) is 8.01. The van der Waals surface area contributed by atoms with Crippen LogP contribution in [0.15, 0.2) is 66.6 Å². The van der Waals surface area contributed by atoms with Gasteiger partial charge in [-0.2, -0.15) is 0 Å². The molecule has 31 heavy (non-hydrogen) atoms. The largest absolute Gasteiger partial charge is 0.512 e. The second-order valence-corrected chi connectivity index (χ2v) is 9.23. The van der Waals surface area contributed by atoms with Gasteiger partial charge in [-0.25, -0.2) is 0 Å². The average Bonchev–Trinajstić information content (AvgIpc) is 2.67. The van der Waals surface area contributed by atoms with Crippen LogP contribution in [0, 0.1) is 22.7 Å². The molecule has 3 aromatic rings. The second kappa shape index (κ2) is 10.8. The number of allylic oxidation sites excluding steroid dienone is 2. The van der Waals surface area contributed by atoms with Crippen molar-refractivity contribution in [1.29, 1.82) is 0 Å². The maximum atomic E-state index is 12.8. The maximum absolute atomic E-state index is 12.8. The van der Waals surface area contributed by atoms with Crippen LogP contribution in [0.4, 0.5) is 4.39 Å². The Labute approximate surface area is 197 Å². The predicted octanol–water partition coefficient (Wildman–Crippen LogP) is 6.93. The van der Waals surface area contributed by atoms with Crippen molar-refractivity contribution in [3.05, 3.63) is 78.4 Å². The van der Waals surface area contributed by atoms with Crippen LogP contribution < -0.4 is 0 Å². The molecule has 1 radical (unpaired) electrons. The van der Waals surface area contributed by atoms with Crippen molar-refractivity contribution in [2.24, 2.45) is 10.8 Å². The summed E-state index contributed by atoms with van der Waals surface area (Å²) in [6, 6.07) is 17.3. The summed E-state index contributed by atoms with van der Waals surface area (Å²) < 4.78 is 12.8. The number of rotatable bonds is 2. The van der Waals surface area contributed by atoms with Crippen LogP contribution in [-0.2, 0) is 24.9 Å². The van der Waals surface area contributed by atoms with E-state index in [2.05, 4.69) is 11.1 Å². The molecule has 5 heteroatoms. The van der Waals surface area contributed by atoms with Crippen molar-refractivity contribution in [3.63, 3.8) is 0 Å². The first-order valence-electron chi connectivity index (χ1n) is 9.86. The summed E-state index contributed by atoms with van der Waals surface area (Å²) >= 11 is 0. The Bertz CT molecular complexity index is 1050. The van der Waals surface area contributed by atoms with Gasteiger partial charge in [0.25, 0.3) is 0 Å². The quantitative estimate of drug-likeness (QED) is 0.198. The number of nitrogens with zero attached hydrogens (tertiary/aromatic N) is 1. The van der Waals surface area contributed by atoms with E-state index in [1.807, 2.05) is 78.1 Å². The molecule has 1 heterocycles. The molecule has 0 spiro atoms. The molecule has 1 N–H and O–H groups in total. The van der Waals surface area contributed by atoms with E-state index in [0.29, 0.717) is 0 Å². The number of hydrogen-bond acceptors (Lipinski definition) is 3. The van der Waals surface area contributed by atoms with Crippen LogP contribution in [0.2, 0.25) is 0 Å². The van der Waals surface area contributed by atoms with Crippen LogP contribution in [0.25, 0.3) is 22.0 Å². The third-order valence-corrected chi connectivity index (χ3v) is 4.46. The summed E-state index contributed by atoms with van der Waals surface area (Å²) in [4.78, 5) is 15.8. The number of carbonyl (C=O) groups excluding carboxylic acids is 1. The van der Waals surface area contributed by atoms with Gasteiger partial charge in [0.2, 0.25) is 0 Å². The topological polar surface area (TPSA) is 50.2 Å². The molecule has 3 rings (SSSR count). The number of pyridine rings is 1. The molecule has 0 unspecified atom stereocenters. The Morgan fingerprint density at radius 2 is 1.61 bits per heavy atom. The molecule has 3 nitrogen and oxygen atoms in total. The molecule has 0 bridgehead atoms. The van der Waals surface area contributed by atoms with E-state index in [-0.39, 0.29) is 42.9 Å². The molecule has 0 aliphatic rings. The molecular formula is C26H29FIrNO2-. The van der Waals surface area contributed by atoms with Gasteiger partial charge in [-0.05, 0) is 16.5 Å². The minimum atomic E-state index is -0.417. The number of fused-ring (bicyclic) bond motifs is 1. The van der Waals surface area contributed by atoms with E-state index < -0.39 is 5.41 Å². The van der Waals surface area contributed by atoms with Crippen molar-refractivity contribution in [2.75, 3.05) is 0 Å². The Balaban J connectivity index is 0.000000314. The first-order valence-corrected chi connectivity index (χ1v) is 9.86. The number of halogens is 1. The maximum Gasteiger partial charge on any atom is 0.164 e. The number of carbonyl (C=O) groups is 1. The van der Waals surface area contributed by atoms with Gasteiger partial charge in [-0.1, -0.05) is 71.9 Å². The number of aromatic nitrogens is 1. The number of aliphatic hydroxyl groups is 1. The Morgan fingerprint density at radius 1 is 1.00 bits per heavy atom. The van der Waals surface area contributed by atoms with E-state index in [0.717, 1.165) is 22.0 Å². The second-order valence-electron chi connectivity index (χ2n) is 9.23. The van der Waals surface area contributed by atoms with Crippen LogP contribution >= 0.6 is 0 Å². The Kier molecular flexibility index (Phi) is 9.28. The van der Waals surface area contributed by atoms with Crippen molar-refractivity contribution < 1.29 is 34.4 Å². The van der Waals surface area contributed by atoms with Gasteiger partial charge in [-0.15, -0.1) is 29.8 Å². The molecule has 0 amide bonds. The molecule has 0 aliphatic carbocycles. The van der Waals surface area contributed by atoms with E-state index in [1.54, 1.807) is 6.07 Å². The normalized spacial score (nSPS) is 11.9. The minimum absolute atomic E-state index is 0. The SMILES string of the molecule is CC(C)(C)C(=O)/C=C(\O)C(C)(C)C.Fc1c[c-]c(-c2cc3ccccc3cn2)cc1.[Ir]. The fourth-order valence-electron chi connectivity index (χ4n) is 2.35. The molecule has 0 atom stereocenters. The van der Waals surface area contributed by atoms with E-state index >= 15 is 0 Å². The van der Waals surface area contributed by atoms with Crippen molar-refractivity contribution in [2.45, 2.75) is 41.5 Å². The smallest absolute Gasteiger partial charge is 0.164 e. The van der Waals surface area contributed by atoms with Gasteiger partial charge in [0.1, 0.15) is 5.76 Å². The number of aliphatic hydroxyl groups excluding tert-OH is 1. The van der Waals surface area contributed by atoms with Gasteiger partial charge in [-0.3, -0.25) is 9.18 Å².